The van der Waals surface area contributed by atoms with E-state index in [0.29, 0.717) is 41.4 Å². The van der Waals surface area contributed by atoms with Crippen molar-refractivity contribution in [3.8, 4) is 11.5 Å². The second kappa shape index (κ2) is 9.20. The Morgan fingerprint density at radius 1 is 1.09 bits per heavy atom. The molecule has 0 amide bonds. The minimum Gasteiger partial charge on any atom is -0.497 e. The second-order valence-corrected chi connectivity index (χ2v) is 9.33. The molecule has 0 unspecified atom stereocenters. The van der Waals surface area contributed by atoms with Crippen LogP contribution in [0, 0.1) is 0 Å². The number of nitrogens with zero attached hydrogens (tertiary/aromatic N) is 2. The van der Waals surface area contributed by atoms with Crippen LogP contribution in [0.25, 0.3) is 0 Å². The average Bonchev–Trinajstić information content (AvgIpc) is 3.09. The second-order valence-electron chi connectivity index (χ2n) is 7.76. The largest absolute Gasteiger partial charge is 0.497 e. The first-order valence-electron chi connectivity index (χ1n) is 10.5. The summed E-state index contributed by atoms with van der Waals surface area (Å²) in [5.41, 5.74) is 0.988. The van der Waals surface area contributed by atoms with Gasteiger partial charge < -0.3 is 19.1 Å². The fourth-order valence-electron chi connectivity index (χ4n) is 4.17. The van der Waals surface area contributed by atoms with E-state index in [9.17, 15) is 13.2 Å². The predicted molar refractivity (Wildman–Crippen MR) is 119 cm³/mol. The van der Waals surface area contributed by atoms with E-state index in [1.165, 1.54) is 14.2 Å². The summed E-state index contributed by atoms with van der Waals surface area (Å²) in [6.07, 6.45) is 3.45. The van der Waals surface area contributed by atoms with Crippen LogP contribution in [0.3, 0.4) is 0 Å². The van der Waals surface area contributed by atoms with Crippen LogP contribution >= 0.6 is 0 Å². The molecule has 2 aromatic rings. The van der Waals surface area contributed by atoms with E-state index in [1.807, 2.05) is 6.07 Å². The summed E-state index contributed by atoms with van der Waals surface area (Å²) in [4.78, 5) is 14.9. The van der Waals surface area contributed by atoms with Crippen LogP contribution in [0.2, 0.25) is 0 Å². The van der Waals surface area contributed by atoms with Gasteiger partial charge in [0, 0.05) is 30.6 Å². The first kappa shape index (κ1) is 22.1. The minimum atomic E-state index is -3.67. The SMILES string of the molecule is COc1cc(OC)cc(C(=O)OCC[C@H]2CCCCN2C2=NS(=O)(=O)c3ccccc32)c1. The van der Waals surface area contributed by atoms with Crippen molar-refractivity contribution in [1.29, 1.82) is 0 Å². The van der Waals surface area contributed by atoms with Gasteiger partial charge in [0.05, 0.1) is 26.4 Å². The predicted octanol–water partition coefficient (Wildman–Crippen LogP) is 3.25. The van der Waals surface area contributed by atoms with Crippen molar-refractivity contribution in [3.05, 3.63) is 53.6 Å². The number of esters is 1. The number of methoxy groups -OCH3 is 2. The van der Waals surface area contributed by atoms with E-state index in [0.717, 1.165) is 19.3 Å². The number of benzene rings is 2. The maximum Gasteiger partial charge on any atom is 0.338 e. The summed E-state index contributed by atoms with van der Waals surface area (Å²) < 4.78 is 44.9. The van der Waals surface area contributed by atoms with E-state index in [-0.39, 0.29) is 17.5 Å². The number of amidine groups is 1. The lowest BCUT2D eigenvalue weighted by molar-refractivity contribution is 0.0465. The minimum absolute atomic E-state index is 0.0384. The van der Waals surface area contributed by atoms with Crippen LogP contribution in [-0.2, 0) is 14.8 Å². The number of hydrogen-bond donors (Lipinski definition) is 0. The van der Waals surface area contributed by atoms with E-state index in [1.54, 1.807) is 36.4 Å². The van der Waals surface area contributed by atoms with Crippen molar-refractivity contribution in [2.75, 3.05) is 27.4 Å². The summed E-state index contributed by atoms with van der Waals surface area (Å²) >= 11 is 0. The molecule has 2 aromatic carbocycles. The van der Waals surface area contributed by atoms with Crippen molar-refractivity contribution in [3.63, 3.8) is 0 Å². The first-order valence-corrected chi connectivity index (χ1v) is 12.0. The van der Waals surface area contributed by atoms with Gasteiger partial charge >= 0.3 is 5.97 Å². The molecule has 0 spiro atoms. The van der Waals surface area contributed by atoms with Gasteiger partial charge in [-0.2, -0.15) is 8.42 Å². The van der Waals surface area contributed by atoms with Gasteiger partial charge in [0.2, 0.25) is 0 Å². The summed E-state index contributed by atoms with van der Waals surface area (Å²) in [5, 5.41) is 0. The molecular formula is C23H26N2O6S. The van der Waals surface area contributed by atoms with Gasteiger partial charge in [-0.15, -0.1) is 4.40 Å². The highest BCUT2D eigenvalue weighted by atomic mass is 32.2. The molecule has 2 aliphatic heterocycles. The molecule has 0 N–H and O–H groups in total. The zero-order chi connectivity index (χ0) is 22.7. The Labute approximate surface area is 187 Å². The summed E-state index contributed by atoms with van der Waals surface area (Å²) in [6, 6.07) is 11.8. The molecule has 32 heavy (non-hydrogen) atoms. The highest BCUT2D eigenvalue weighted by Crippen LogP contribution is 2.31. The molecule has 0 aromatic heterocycles. The van der Waals surface area contributed by atoms with E-state index >= 15 is 0 Å². The zero-order valence-corrected chi connectivity index (χ0v) is 18.9. The summed E-state index contributed by atoms with van der Waals surface area (Å²) in [6.45, 7) is 0.926. The van der Waals surface area contributed by atoms with E-state index in [4.69, 9.17) is 14.2 Å². The molecule has 2 aliphatic rings. The van der Waals surface area contributed by atoms with Crippen LogP contribution in [0.15, 0.2) is 51.8 Å². The van der Waals surface area contributed by atoms with Crippen LogP contribution in [-0.4, -0.2) is 58.5 Å². The van der Waals surface area contributed by atoms with Gasteiger partial charge in [0.15, 0.2) is 5.84 Å². The number of sulfonamides is 1. The maximum atomic E-state index is 12.6. The van der Waals surface area contributed by atoms with Crippen LogP contribution in [0.4, 0.5) is 0 Å². The Morgan fingerprint density at radius 2 is 1.81 bits per heavy atom. The van der Waals surface area contributed by atoms with Crippen molar-refractivity contribution in [2.24, 2.45) is 4.40 Å². The average molecular weight is 459 g/mol. The Kier molecular flexibility index (Phi) is 6.36. The van der Waals surface area contributed by atoms with Crippen molar-refractivity contribution in [1.82, 2.24) is 4.90 Å². The molecule has 9 heteroatoms. The molecule has 1 fully saturated rings. The number of hydrogen-bond acceptors (Lipinski definition) is 7. The highest BCUT2D eigenvalue weighted by molar-refractivity contribution is 7.90. The topological polar surface area (TPSA) is 94.5 Å². The van der Waals surface area contributed by atoms with Gasteiger partial charge in [-0.1, -0.05) is 12.1 Å². The standard InChI is InChI=1S/C23H26N2O6S/c1-29-18-13-16(14-19(15-18)30-2)23(26)31-12-10-17-7-5-6-11-25(17)22-20-8-3-4-9-21(20)32(27,28)24-22/h3-4,8-9,13-15,17H,5-7,10-12H2,1-2H3/t17-/m1/s1. The third-order valence-electron chi connectivity index (χ3n) is 5.78. The number of ether oxygens (including phenoxy) is 3. The lowest BCUT2D eigenvalue weighted by Gasteiger charge is -2.37. The van der Waals surface area contributed by atoms with Gasteiger partial charge in [0.1, 0.15) is 16.4 Å². The van der Waals surface area contributed by atoms with Crippen LogP contribution < -0.4 is 9.47 Å². The highest BCUT2D eigenvalue weighted by Gasteiger charge is 2.35. The van der Waals surface area contributed by atoms with Gasteiger partial charge in [0.25, 0.3) is 10.0 Å². The van der Waals surface area contributed by atoms with Gasteiger partial charge in [-0.3, -0.25) is 0 Å². The third kappa shape index (κ3) is 4.43. The van der Waals surface area contributed by atoms with Gasteiger partial charge in [-0.25, -0.2) is 4.79 Å². The fourth-order valence-corrected chi connectivity index (χ4v) is 5.39. The Bertz CT molecular complexity index is 1120. The van der Waals surface area contributed by atoms with Crippen LogP contribution in [0.1, 0.15) is 41.6 Å². The fraction of sp³-hybridized carbons (Fsp3) is 0.391. The Balaban J connectivity index is 1.45. The molecule has 2 heterocycles. The third-order valence-corrected chi connectivity index (χ3v) is 7.11. The molecule has 170 valence electrons. The maximum absolute atomic E-state index is 12.6. The van der Waals surface area contributed by atoms with Crippen molar-refractivity contribution < 1.29 is 27.4 Å². The Hall–Kier alpha value is -3.07. The monoisotopic (exact) mass is 458 g/mol. The number of carbonyl (C=O) groups excluding carboxylic acids is 1. The quantitative estimate of drug-likeness (QED) is 0.613. The van der Waals surface area contributed by atoms with Crippen molar-refractivity contribution in [2.45, 2.75) is 36.6 Å². The lowest BCUT2D eigenvalue weighted by Crippen LogP contribution is -2.44. The molecule has 0 radical (unpaired) electrons. The zero-order valence-electron chi connectivity index (χ0n) is 18.1. The Morgan fingerprint density at radius 3 is 2.53 bits per heavy atom. The molecule has 4 rings (SSSR count). The normalized spacial score (nSPS) is 19.1. The number of likely N-dealkylation sites (tertiary alicyclic amines) is 1. The van der Waals surface area contributed by atoms with E-state index < -0.39 is 16.0 Å². The number of piperidine rings is 1. The van der Waals surface area contributed by atoms with Gasteiger partial charge in [-0.05, 0) is 43.5 Å². The lowest BCUT2D eigenvalue weighted by atomic mass is 9.98. The summed E-state index contributed by atoms with van der Waals surface area (Å²) in [7, 11) is -0.635. The molecule has 1 saturated heterocycles. The number of rotatable bonds is 6. The van der Waals surface area contributed by atoms with E-state index in [2.05, 4.69) is 9.30 Å². The van der Waals surface area contributed by atoms with Crippen LogP contribution in [0.5, 0.6) is 11.5 Å². The molecule has 1 atom stereocenters. The number of fused-ring (bicyclic) bond motifs is 1. The number of carbonyl (C=O) groups is 1. The molecule has 0 aliphatic carbocycles. The van der Waals surface area contributed by atoms with Crippen molar-refractivity contribution >= 4 is 21.8 Å². The molecule has 0 saturated carbocycles. The smallest absolute Gasteiger partial charge is 0.338 e. The molecular weight excluding hydrogens is 432 g/mol. The first-order chi connectivity index (χ1) is 15.4. The molecule has 0 bridgehead atoms. The molecule has 8 nitrogen and oxygen atoms in total. The summed E-state index contributed by atoms with van der Waals surface area (Å²) in [5.74, 6) is 1.05.